The van der Waals surface area contributed by atoms with Gasteiger partial charge in [-0.05, 0) is 53.6 Å². The Hall–Kier alpha value is -3.72. The molecule has 0 bridgehead atoms. The van der Waals surface area contributed by atoms with Crippen molar-refractivity contribution in [3.05, 3.63) is 72.3 Å². The highest BCUT2D eigenvalue weighted by atomic mass is 32.2. The Morgan fingerprint density at radius 2 is 1.67 bits per heavy atom. The lowest BCUT2D eigenvalue weighted by molar-refractivity contribution is -0.133. The van der Waals surface area contributed by atoms with Crippen molar-refractivity contribution in [1.29, 1.82) is 0 Å². The maximum absolute atomic E-state index is 13.1. The lowest BCUT2D eigenvalue weighted by Gasteiger charge is -2.22. The Kier molecular flexibility index (Phi) is 5.67. The van der Waals surface area contributed by atoms with Gasteiger partial charge in [0.15, 0.2) is 9.84 Å². The molecule has 33 heavy (non-hydrogen) atoms. The number of urea groups is 1. The number of hydrogen-bond donors (Lipinski definition) is 2. The Balaban J connectivity index is 1.49. The van der Waals surface area contributed by atoms with Gasteiger partial charge in [0, 0.05) is 5.69 Å². The summed E-state index contributed by atoms with van der Waals surface area (Å²) in [7, 11) is -3.35. The highest BCUT2D eigenvalue weighted by Gasteiger charge is 2.49. The van der Waals surface area contributed by atoms with Gasteiger partial charge in [0.2, 0.25) is 5.91 Å². The Labute approximate surface area is 191 Å². The molecule has 0 aliphatic carbocycles. The number of anilines is 1. The van der Waals surface area contributed by atoms with Crippen LogP contribution in [0.5, 0.6) is 0 Å². The summed E-state index contributed by atoms with van der Waals surface area (Å²) < 4.78 is 23.8. The van der Waals surface area contributed by atoms with Gasteiger partial charge in [-0.3, -0.25) is 14.5 Å². The fourth-order valence-electron chi connectivity index (χ4n) is 3.79. The second kappa shape index (κ2) is 8.32. The van der Waals surface area contributed by atoms with E-state index in [1.165, 1.54) is 24.3 Å². The van der Waals surface area contributed by atoms with Gasteiger partial charge >= 0.3 is 6.03 Å². The quantitative estimate of drug-likeness (QED) is 0.544. The average Bonchev–Trinajstić information content (AvgIpc) is 3.03. The molecule has 1 atom stereocenters. The zero-order valence-electron chi connectivity index (χ0n) is 18.2. The van der Waals surface area contributed by atoms with Gasteiger partial charge in [-0.15, -0.1) is 0 Å². The Morgan fingerprint density at radius 1 is 1.00 bits per heavy atom. The Morgan fingerprint density at radius 3 is 2.33 bits per heavy atom. The number of benzene rings is 3. The molecule has 8 nitrogen and oxygen atoms in total. The van der Waals surface area contributed by atoms with Gasteiger partial charge < -0.3 is 10.6 Å². The summed E-state index contributed by atoms with van der Waals surface area (Å²) in [6, 6.07) is 18.3. The Bertz CT molecular complexity index is 1370. The van der Waals surface area contributed by atoms with Gasteiger partial charge in [0.1, 0.15) is 12.1 Å². The summed E-state index contributed by atoms with van der Waals surface area (Å²) in [6.07, 6.45) is 0. The molecule has 3 aromatic rings. The fraction of sp³-hybridized carbons (Fsp3) is 0.208. The van der Waals surface area contributed by atoms with Crippen LogP contribution >= 0.6 is 0 Å². The van der Waals surface area contributed by atoms with Crippen LogP contribution in [0.3, 0.4) is 0 Å². The van der Waals surface area contributed by atoms with Crippen LogP contribution in [0.15, 0.2) is 71.6 Å². The molecular weight excluding hydrogens is 442 g/mol. The lowest BCUT2D eigenvalue weighted by Crippen LogP contribution is -2.42. The number of nitrogens with zero attached hydrogens (tertiary/aromatic N) is 1. The van der Waals surface area contributed by atoms with E-state index < -0.39 is 39.8 Å². The first kappa shape index (κ1) is 22.5. The molecule has 4 rings (SSSR count). The SMILES string of the molecule is CCS(=O)(=O)c1ccc(NC(=O)CN2C(=O)NC(C)(c3ccc4ccccc4c3)C2=O)cc1. The number of rotatable bonds is 6. The molecule has 4 amide bonds. The minimum Gasteiger partial charge on any atom is -0.325 e. The van der Waals surface area contributed by atoms with Crippen molar-refractivity contribution in [3.63, 3.8) is 0 Å². The summed E-state index contributed by atoms with van der Waals surface area (Å²) in [5, 5.41) is 7.24. The summed E-state index contributed by atoms with van der Waals surface area (Å²) in [6.45, 7) is 2.69. The van der Waals surface area contributed by atoms with Gasteiger partial charge in [0.05, 0.1) is 10.6 Å². The van der Waals surface area contributed by atoms with E-state index >= 15 is 0 Å². The third-order valence-corrected chi connectivity index (χ3v) is 7.53. The van der Waals surface area contributed by atoms with Crippen molar-refractivity contribution in [2.24, 2.45) is 0 Å². The average molecular weight is 466 g/mol. The summed E-state index contributed by atoms with van der Waals surface area (Å²) in [5.74, 6) is -1.13. The number of fused-ring (bicyclic) bond motifs is 1. The molecule has 1 heterocycles. The fourth-order valence-corrected chi connectivity index (χ4v) is 4.68. The summed E-state index contributed by atoms with van der Waals surface area (Å²) >= 11 is 0. The molecule has 1 saturated heterocycles. The topological polar surface area (TPSA) is 113 Å². The molecule has 3 aromatic carbocycles. The van der Waals surface area contributed by atoms with E-state index in [4.69, 9.17) is 0 Å². The largest absolute Gasteiger partial charge is 0.325 e. The van der Waals surface area contributed by atoms with Crippen LogP contribution in [-0.4, -0.2) is 43.5 Å². The normalized spacial score (nSPS) is 18.4. The smallest absolute Gasteiger partial charge is 0.325 e. The minimum atomic E-state index is -3.35. The first-order valence-electron chi connectivity index (χ1n) is 10.4. The molecule has 9 heteroatoms. The first-order valence-corrected chi connectivity index (χ1v) is 12.1. The highest BCUT2D eigenvalue weighted by molar-refractivity contribution is 7.91. The molecular formula is C24H23N3O5S. The van der Waals surface area contributed by atoms with E-state index in [0.29, 0.717) is 11.3 Å². The highest BCUT2D eigenvalue weighted by Crippen LogP contribution is 2.31. The molecule has 1 unspecified atom stereocenters. The lowest BCUT2D eigenvalue weighted by atomic mass is 9.90. The van der Waals surface area contributed by atoms with Gasteiger partial charge in [0.25, 0.3) is 5.91 Å². The standard InChI is InChI=1S/C24H23N3O5S/c1-3-33(31,32)20-12-10-19(11-13-20)25-21(28)15-27-22(29)24(2,26-23(27)30)18-9-8-16-6-4-5-7-17(16)14-18/h4-14H,3,15H2,1-2H3,(H,25,28)(H,26,30). The number of carbonyl (C=O) groups is 3. The first-order chi connectivity index (χ1) is 15.6. The van der Waals surface area contributed by atoms with Crippen molar-refractivity contribution in [3.8, 4) is 0 Å². The third kappa shape index (κ3) is 4.19. The van der Waals surface area contributed by atoms with E-state index in [-0.39, 0.29) is 10.6 Å². The van der Waals surface area contributed by atoms with Crippen LogP contribution in [0.25, 0.3) is 10.8 Å². The van der Waals surface area contributed by atoms with Crippen molar-refractivity contribution in [1.82, 2.24) is 10.2 Å². The third-order valence-electron chi connectivity index (χ3n) is 5.78. The minimum absolute atomic E-state index is 0.0269. The maximum atomic E-state index is 13.1. The maximum Gasteiger partial charge on any atom is 0.325 e. The van der Waals surface area contributed by atoms with Crippen LogP contribution in [0.2, 0.25) is 0 Å². The van der Waals surface area contributed by atoms with Crippen molar-refractivity contribution in [2.75, 3.05) is 17.6 Å². The second-order valence-corrected chi connectivity index (χ2v) is 10.3. The van der Waals surface area contributed by atoms with E-state index in [2.05, 4.69) is 10.6 Å². The van der Waals surface area contributed by atoms with E-state index in [1.807, 2.05) is 36.4 Å². The van der Waals surface area contributed by atoms with Gasteiger partial charge in [-0.2, -0.15) is 0 Å². The predicted molar refractivity (Wildman–Crippen MR) is 124 cm³/mol. The number of imide groups is 1. The molecule has 0 radical (unpaired) electrons. The van der Waals surface area contributed by atoms with Crippen molar-refractivity contribution >= 4 is 44.1 Å². The number of sulfone groups is 1. The van der Waals surface area contributed by atoms with E-state index in [0.717, 1.165) is 15.7 Å². The number of amides is 4. The van der Waals surface area contributed by atoms with Crippen LogP contribution in [0.4, 0.5) is 10.5 Å². The number of carbonyl (C=O) groups excluding carboxylic acids is 3. The molecule has 1 fully saturated rings. The monoisotopic (exact) mass is 465 g/mol. The molecule has 170 valence electrons. The van der Waals surface area contributed by atoms with Crippen molar-refractivity contribution in [2.45, 2.75) is 24.3 Å². The summed E-state index contributed by atoms with van der Waals surface area (Å²) in [5.41, 5.74) is -0.313. The molecule has 0 aromatic heterocycles. The predicted octanol–water partition coefficient (Wildman–Crippen LogP) is 3.04. The molecule has 2 N–H and O–H groups in total. The number of nitrogens with one attached hydrogen (secondary N) is 2. The molecule has 0 spiro atoms. The molecule has 1 aliphatic rings. The molecule has 1 aliphatic heterocycles. The zero-order valence-corrected chi connectivity index (χ0v) is 19.0. The van der Waals surface area contributed by atoms with Crippen LogP contribution in [-0.2, 0) is 25.0 Å². The van der Waals surface area contributed by atoms with Crippen LogP contribution < -0.4 is 10.6 Å². The van der Waals surface area contributed by atoms with E-state index in [9.17, 15) is 22.8 Å². The second-order valence-electron chi connectivity index (χ2n) is 7.98. The van der Waals surface area contributed by atoms with Gasteiger partial charge in [-0.1, -0.05) is 43.3 Å². The number of hydrogen-bond acceptors (Lipinski definition) is 5. The van der Waals surface area contributed by atoms with E-state index in [1.54, 1.807) is 19.9 Å². The summed E-state index contributed by atoms with van der Waals surface area (Å²) in [4.78, 5) is 39.3. The van der Waals surface area contributed by atoms with Crippen LogP contribution in [0, 0.1) is 0 Å². The van der Waals surface area contributed by atoms with Crippen LogP contribution in [0.1, 0.15) is 19.4 Å². The van der Waals surface area contributed by atoms with Crippen molar-refractivity contribution < 1.29 is 22.8 Å². The molecule has 0 saturated carbocycles. The zero-order chi connectivity index (χ0) is 23.8. The van der Waals surface area contributed by atoms with Gasteiger partial charge in [-0.25, -0.2) is 13.2 Å².